The van der Waals surface area contributed by atoms with Crippen LogP contribution in [-0.4, -0.2) is 175 Å². The van der Waals surface area contributed by atoms with Gasteiger partial charge in [-0.2, -0.15) is 0 Å². The van der Waals surface area contributed by atoms with Crippen LogP contribution in [0.5, 0.6) is 0 Å². The molecule has 0 aliphatic rings. The Labute approximate surface area is 525 Å². The molecule has 0 aromatic carbocycles. The van der Waals surface area contributed by atoms with Gasteiger partial charge in [0.05, 0.1) is 26.1 Å². The van der Waals surface area contributed by atoms with Crippen LogP contribution in [0.1, 0.15) is 120 Å². The van der Waals surface area contributed by atoms with Gasteiger partial charge in [-0.1, -0.05) is 45.2 Å². The third kappa shape index (κ3) is 34.9. The SMILES string of the molecule is C.CCCCCCNC.CN(CCCCN(C)c1nccc(N)c1N)C(=O)OC(C)(C)C.CN(CCCCN(C)c1nccc(N)c1[N+](=O)[O-])C(=O)OC(C)(C)C.CNCCCCN(C)c1nccc(N)c1[N+](=O)[O-].CO.Nc1ccnc(Cl)c1[N+](=O)[O-]. The van der Waals surface area contributed by atoms with Crippen LogP contribution in [0.4, 0.5) is 72.5 Å². The largest absolute Gasteiger partial charge is 0.444 e. The predicted octanol–water partition coefficient (Wildman–Crippen LogP) is 9.25. The molecular formula is C57H104ClN19O11. The zero-order chi connectivity index (χ0) is 67.0. The Bertz CT molecular complexity index is 2620. The quantitative estimate of drug-likeness (QED) is 0.0126. The van der Waals surface area contributed by atoms with Crippen molar-refractivity contribution in [3.05, 3.63) is 84.5 Å². The van der Waals surface area contributed by atoms with Crippen LogP contribution in [0.25, 0.3) is 0 Å². The van der Waals surface area contributed by atoms with E-state index in [0.29, 0.717) is 49.2 Å². The smallest absolute Gasteiger partial charge is 0.410 e. The van der Waals surface area contributed by atoms with E-state index in [9.17, 15) is 39.9 Å². The molecule has 2 amide bonds. The van der Waals surface area contributed by atoms with Crippen LogP contribution in [-0.2, 0) is 9.47 Å². The first-order valence-corrected chi connectivity index (χ1v) is 28.7. The minimum Gasteiger partial charge on any atom is -0.444 e. The summed E-state index contributed by atoms with van der Waals surface area (Å²) in [6, 6.07) is 5.86. The number of pyridine rings is 4. The molecule has 4 aromatic heterocycles. The van der Waals surface area contributed by atoms with Crippen molar-refractivity contribution in [2.75, 3.05) is 146 Å². The number of aliphatic hydroxyl groups is 1. The van der Waals surface area contributed by atoms with Crippen molar-refractivity contribution in [3.63, 3.8) is 0 Å². The van der Waals surface area contributed by atoms with Gasteiger partial charge in [0.2, 0.25) is 16.8 Å². The molecule has 4 rings (SSSR count). The average molecular weight is 1270 g/mol. The van der Waals surface area contributed by atoms with E-state index >= 15 is 0 Å². The van der Waals surface area contributed by atoms with E-state index in [-0.39, 0.29) is 64.7 Å². The number of nitrogens with two attached hydrogens (primary N) is 5. The third-order valence-corrected chi connectivity index (χ3v) is 12.0. The van der Waals surface area contributed by atoms with E-state index in [1.165, 1.54) is 73.9 Å². The highest BCUT2D eigenvalue weighted by Crippen LogP contribution is 2.32. The molecule has 0 fully saturated rings. The molecule has 0 saturated heterocycles. The number of nitrogens with zero attached hydrogens (tertiary/aromatic N) is 12. The van der Waals surface area contributed by atoms with Gasteiger partial charge in [-0.3, -0.25) is 30.3 Å². The molecule has 0 bridgehead atoms. The first-order chi connectivity index (χ1) is 40.8. The summed E-state index contributed by atoms with van der Waals surface area (Å²) >= 11 is 5.39. The lowest BCUT2D eigenvalue weighted by molar-refractivity contribution is -0.384. The number of ether oxygens (including phenoxy) is 2. The van der Waals surface area contributed by atoms with E-state index in [1.807, 2.05) is 67.6 Å². The van der Waals surface area contributed by atoms with Gasteiger partial charge in [0.1, 0.15) is 28.3 Å². The molecule has 0 saturated carbocycles. The van der Waals surface area contributed by atoms with Crippen molar-refractivity contribution in [1.82, 2.24) is 40.4 Å². The molecule has 4 aromatic rings. The number of unbranched alkanes of at least 4 members (excludes halogenated alkanes) is 6. The van der Waals surface area contributed by atoms with Crippen molar-refractivity contribution in [1.29, 1.82) is 0 Å². The monoisotopic (exact) mass is 1270 g/mol. The molecule has 0 spiro atoms. The Morgan fingerprint density at radius 1 is 0.523 bits per heavy atom. The third-order valence-electron chi connectivity index (χ3n) is 11.8. The normalized spacial score (nSPS) is 10.3. The zero-order valence-corrected chi connectivity index (χ0v) is 54.6. The van der Waals surface area contributed by atoms with Gasteiger partial charge < -0.3 is 78.4 Å². The molecular weight excluding hydrogens is 1160 g/mol. The molecule has 0 atom stereocenters. The topological polar surface area (TPSA) is 424 Å². The summed E-state index contributed by atoms with van der Waals surface area (Å²) in [7, 11) is 13.8. The maximum Gasteiger partial charge on any atom is 0.410 e. The van der Waals surface area contributed by atoms with Crippen LogP contribution in [0.15, 0.2) is 49.1 Å². The summed E-state index contributed by atoms with van der Waals surface area (Å²) in [5, 5.41) is 45.4. The zero-order valence-electron chi connectivity index (χ0n) is 53.8. The van der Waals surface area contributed by atoms with E-state index in [4.69, 9.17) is 54.8 Å². The summed E-state index contributed by atoms with van der Waals surface area (Å²) < 4.78 is 10.6. The Morgan fingerprint density at radius 3 is 1.16 bits per heavy atom. The fourth-order valence-corrected chi connectivity index (χ4v) is 7.44. The number of rotatable bonds is 26. The highest BCUT2D eigenvalue weighted by molar-refractivity contribution is 6.31. The fourth-order valence-electron chi connectivity index (χ4n) is 7.21. The predicted molar refractivity (Wildman–Crippen MR) is 356 cm³/mol. The number of amides is 2. The second-order valence-corrected chi connectivity index (χ2v) is 21.9. The van der Waals surface area contributed by atoms with E-state index in [1.54, 1.807) is 55.2 Å². The lowest BCUT2D eigenvalue weighted by Crippen LogP contribution is -2.35. The van der Waals surface area contributed by atoms with Crippen LogP contribution < -0.4 is 54.0 Å². The fraction of sp³-hybridized carbons (Fsp3) is 0.614. The maximum atomic E-state index is 11.9. The number of hydrogen-bond acceptors (Lipinski definition) is 25. The Balaban J connectivity index is -0.00000106. The Morgan fingerprint density at radius 2 is 0.830 bits per heavy atom. The number of anilines is 8. The van der Waals surface area contributed by atoms with Gasteiger partial charge >= 0.3 is 29.2 Å². The molecule has 0 aliphatic carbocycles. The molecule has 0 radical (unpaired) electrons. The van der Waals surface area contributed by atoms with Gasteiger partial charge in [0.25, 0.3) is 0 Å². The molecule has 30 nitrogen and oxygen atoms in total. The molecule has 0 aliphatic heterocycles. The minimum absolute atomic E-state index is 0. The molecule has 31 heteroatoms. The summed E-state index contributed by atoms with van der Waals surface area (Å²) in [4.78, 5) is 78.8. The van der Waals surface area contributed by atoms with Gasteiger partial charge in [-0.15, -0.1) is 0 Å². The van der Waals surface area contributed by atoms with Gasteiger partial charge in [0.15, 0.2) is 5.82 Å². The minimum atomic E-state index is -0.662. The number of nitro groups is 3. The number of carbonyl (C=O) groups is 2. The van der Waals surface area contributed by atoms with Crippen molar-refractivity contribution in [2.45, 2.75) is 131 Å². The van der Waals surface area contributed by atoms with Gasteiger partial charge in [0, 0.05) is 99.9 Å². The first-order valence-electron chi connectivity index (χ1n) is 28.3. The number of aromatic nitrogens is 4. The molecule has 500 valence electrons. The van der Waals surface area contributed by atoms with Crippen molar-refractivity contribution in [2.24, 2.45) is 0 Å². The van der Waals surface area contributed by atoms with Crippen LogP contribution in [0, 0.1) is 30.3 Å². The molecule has 4 heterocycles. The molecule has 13 N–H and O–H groups in total. The number of carbonyl (C=O) groups excluding carboxylic acids is 2. The van der Waals surface area contributed by atoms with E-state index in [2.05, 4.69) is 37.5 Å². The highest BCUT2D eigenvalue weighted by Gasteiger charge is 2.25. The Kier molecular flexibility index (Phi) is 43.2. The summed E-state index contributed by atoms with van der Waals surface area (Å²) in [5.74, 6) is 1.25. The number of aliphatic hydroxyl groups excluding tert-OH is 1. The summed E-state index contributed by atoms with van der Waals surface area (Å²) in [5.41, 5.74) is 27.9. The lowest BCUT2D eigenvalue weighted by Gasteiger charge is -2.25. The summed E-state index contributed by atoms with van der Waals surface area (Å²) in [6.07, 6.45) is 15.9. The number of hydrogen-bond donors (Lipinski definition) is 8. The number of nitrogens with one attached hydrogen (secondary N) is 2. The second-order valence-electron chi connectivity index (χ2n) is 21.6. The lowest BCUT2D eigenvalue weighted by atomic mass is 10.2. The second kappa shape index (κ2) is 45.2. The summed E-state index contributed by atoms with van der Waals surface area (Å²) in [6.45, 7) is 18.6. The Hall–Kier alpha value is -8.09. The van der Waals surface area contributed by atoms with Crippen molar-refractivity contribution < 1.29 is 38.9 Å². The number of nitrogen functional groups attached to an aromatic ring is 5. The van der Waals surface area contributed by atoms with Crippen LogP contribution >= 0.6 is 11.6 Å². The van der Waals surface area contributed by atoms with E-state index < -0.39 is 26.0 Å². The van der Waals surface area contributed by atoms with E-state index in [0.717, 1.165) is 58.7 Å². The van der Waals surface area contributed by atoms with Gasteiger partial charge in [-0.25, -0.2) is 29.5 Å². The van der Waals surface area contributed by atoms with Crippen LogP contribution in [0.2, 0.25) is 5.15 Å². The van der Waals surface area contributed by atoms with Crippen LogP contribution in [0.3, 0.4) is 0 Å². The van der Waals surface area contributed by atoms with Crippen molar-refractivity contribution >= 4 is 86.7 Å². The average Bonchev–Trinajstić information content (AvgIpc) is 3.41. The van der Waals surface area contributed by atoms with Crippen molar-refractivity contribution in [3.8, 4) is 0 Å². The highest BCUT2D eigenvalue weighted by atomic mass is 35.5. The first kappa shape index (κ1) is 84.1. The maximum absolute atomic E-state index is 11.9. The van der Waals surface area contributed by atoms with Gasteiger partial charge in [-0.05, 0) is 138 Å². The molecule has 0 unspecified atom stereocenters. The number of halogens is 1. The molecule has 88 heavy (non-hydrogen) atoms. The standard InChI is InChI=1S/C16H27N5O4.C16H29N5O2.C11H19N5O2.C7H17N.C5H4ClN3O2.CH4O.CH4/c1-16(2,3)25-15(22)20(5)11-7-6-10-19(4)14-13(21(23)24)12(17)8-9-18-14;1-16(2,3)23-15(22)21(5)11-7-6-10-20(4)14-13(18)12(17)8-9-19-14;1-13-6-3-4-8-15(2)11-10(16(17)18)9(12)5-7-14-11;1-3-4-5-6-7-8-2;6-5-4(9(10)11)3(7)1-2-8-5;1-2;/h8-9H,6-7,10-11H2,1-5H3,(H2,17,18);8-9H,6-7,10-11,18H2,1-5H3,(H2,17,19);5,7,13H,3-4,6,8H2,1-2H3,(H2,12,14);8H,3-7H2,1-2H3;1-2H,(H2,7,8);2H,1H3;1H4.